The van der Waals surface area contributed by atoms with Gasteiger partial charge < -0.3 is 9.80 Å². The minimum atomic E-state index is -3.67. The Morgan fingerprint density at radius 1 is 1.08 bits per heavy atom. The average Bonchev–Trinajstić information content (AvgIpc) is 2.73. The summed E-state index contributed by atoms with van der Waals surface area (Å²) in [6.07, 6.45) is 0.258. The van der Waals surface area contributed by atoms with Crippen LogP contribution in [0.3, 0.4) is 0 Å². The molecule has 2 saturated heterocycles. The molecule has 2 aliphatic rings. The van der Waals surface area contributed by atoms with Gasteiger partial charge in [-0.05, 0) is 12.1 Å². The molecule has 0 unspecified atom stereocenters. The highest BCUT2D eigenvalue weighted by molar-refractivity contribution is 7.89. The second kappa shape index (κ2) is 6.42. The van der Waals surface area contributed by atoms with Crippen LogP contribution in [0, 0.1) is 5.41 Å². The Morgan fingerprint density at radius 3 is 2.32 bits per heavy atom. The number of sulfonamides is 1. The Labute approximate surface area is 148 Å². The Bertz CT molecular complexity index is 780. The van der Waals surface area contributed by atoms with Crippen molar-refractivity contribution in [3.05, 3.63) is 30.3 Å². The summed E-state index contributed by atoms with van der Waals surface area (Å²) in [5, 5.41) is 0. The summed E-state index contributed by atoms with van der Waals surface area (Å²) in [4.78, 5) is 27.6. The molecular weight excluding hydrogens is 342 g/mol. The smallest absolute Gasteiger partial charge is 0.243 e. The Balaban J connectivity index is 1.96. The number of hydrogen-bond donors (Lipinski definition) is 0. The molecule has 0 saturated carbocycles. The molecule has 1 aromatic rings. The van der Waals surface area contributed by atoms with Crippen LogP contribution in [-0.4, -0.2) is 74.1 Å². The number of amides is 2. The van der Waals surface area contributed by atoms with Crippen LogP contribution in [0.1, 0.15) is 13.3 Å². The maximum Gasteiger partial charge on any atom is 0.243 e. The summed E-state index contributed by atoms with van der Waals surface area (Å²) in [6.45, 7) is 3.15. The van der Waals surface area contributed by atoms with Crippen molar-refractivity contribution >= 4 is 21.8 Å². The van der Waals surface area contributed by atoms with E-state index < -0.39 is 15.4 Å². The summed E-state index contributed by atoms with van der Waals surface area (Å²) >= 11 is 0. The van der Waals surface area contributed by atoms with Gasteiger partial charge in [-0.15, -0.1) is 0 Å². The van der Waals surface area contributed by atoms with Crippen molar-refractivity contribution in [2.75, 3.05) is 39.8 Å². The van der Waals surface area contributed by atoms with Gasteiger partial charge in [0, 0.05) is 58.5 Å². The lowest BCUT2D eigenvalue weighted by molar-refractivity contribution is -0.130. The first-order valence-corrected chi connectivity index (χ1v) is 9.72. The lowest BCUT2D eigenvalue weighted by Crippen LogP contribution is -2.44. The van der Waals surface area contributed by atoms with Gasteiger partial charge in [-0.2, -0.15) is 4.31 Å². The fraction of sp³-hybridized carbons (Fsp3) is 0.529. The van der Waals surface area contributed by atoms with Crippen LogP contribution in [0.4, 0.5) is 0 Å². The number of carbonyl (C=O) groups excluding carboxylic acids is 2. The Hall–Kier alpha value is -1.93. The molecule has 2 heterocycles. The molecule has 1 aromatic carbocycles. The predicted octanol–water partition coefficient (Wildman–Crippen LogP) is 0.388. The van der Waals surface area contributed by atoms with Crippen molar-refractivity contribution in [3.63, 3.8) is 0 Å². The molecule has 0 N–H and O–H groups in total. The average molecular weight is 365 g/mol. The van der Waals surface area contributed by atoms with Gasteiger partial charge in [0.05, 0.1) is 4.90 Å². The van der Waals surface area contributed by atoms with Crippen LogP contribution in [0.25, 0.3) is 0 Å². The van der Waals surface area contributed by atoms with Gasteiger partial charge in [-0.3, -0.25) is 9.59 Å². The lowest BCUT2D eigenvalue weighted by atomic mass is 9.86. The first kappa shape index (κ1) is 17.9. The molecule has 2 fully saturated rings. The van der Waals surface area contributed by atoms with E-state index in [-0.39, 0.29) is 36.2 Å². The van der Waals surface area contributed by atoms with Crippen molar-refractivity contribution in [2.24, 2.45) is 5.41 Å². The van der Waals surface area contributed by atoms with E-state index in [9.17, 15) is 18.0 Å². The van der Waals surface area contributed by atoms with Crippen molar-refractivity contribution in [1.82, 2.24) is 14.1 Å². The molecule has 0 aromatic heterocycles. The molecular formula is C17H23N3O4S. The number of nitrogens with zero attached hydrogens (tertiary/aromatic N) is 3. The predicted molar refractivity (Wildman–Crippen MR) is 92.1 cm³/mol. The van der Waals surface area contributed by atoms with Gasteiger partial charge in [0.25, 0.3) is 0 Å². The normalized spacial score (nSPS) is 25.4. The van der Waals surface area contributed by atoms with Crippen LogP contribution >= 0.6 is 0 Å². The minimum absolute atomic E-state index is 0.0116. The van der Waals surface area contributed by atoms with Crippen LogP contribution in [-0.2, 0) is 19.6 Å². The van der Waals surface area contributed by atoms with Crippen LogP contribution in [0.2, 0.25) is 0 Å². The topological polar surface area (TPSA) is 78.0 Å². The highest BCUT2D eigenvalue weighted by Gasteiger charge is 2.47. The number of hydrogen-bond acceptors (Lipinski definition) is 4. The van der Waals surface area contributed by atoms with E-state index in [2.05, 4.69) is 0 Å². The molecule has 0 bridgehead atoms. The van der Waals surface area contributed by atoms with Gasteiger partial charge in [-0.25, -0.2) is 8.42 Å². The SMILES string of the molecule is CC(=O)N1CCN(S(=O)(=O)c2ccccc2)C[C@]2(CC(=O)N(C)C2)C1. The van der Waals surface area contributed by atoms with Crippen LogP contribution in [0.5, 0.6) is 0 Å². The molecule has 1 spiro atoms. The molecule has 1 atom stereocenters. The van der Waals surface area contributed by atoms with Gasteiger partial charge in [0.1, 0.15) is 0 Å². The third kappa shape index (κ3) is 3.41. The van der Waals surface area contributed by atoms with Crippen molar-refractivity contribution < 1.29 is 18.0 Å². The van der Waals surface area contributed by atoms with Gasteiger partial charge in [-0.1, -0.05) is 18.2 Å². The molecule has 0 aliphatic carbocycles. The van der Waals surface area contributed by atoms with E-state index in [0.29, 0.717) is 19.6 Å². The second-order valence-corrected chi connectivity index (χ2v) is 8.96. The van der Waals surface area contributed by atoms with Crippen molar-refractivity contribution in [3.8, 4) is 0 Å². The number of benzene rings is 1. The number of likely N-dealkylation sites (tertiary alicyclic amines) is 1. The molecule has 8 heteroatoms. The molecule has 0 radical (unpaired) electrons. The zero-order chi connectivity index (χ0) is 18.2. The van der Waals surface area contributed by atoms with Crippen molar-refractivity contribution in [1.29, 1.82) is 0 Å². The van der Waals surface area contributed by atoms with E-state index in [0.717, 1.165) is 0 Å². The molecule has 136 valence electrons. The summed E-state index contributed by atoms with van der Waals surface area (Å²) in [6, 6.07) is 8.29. The fourth-order valence-corrected chi connectivity index (χ4v) is 5.31. The standard InChI is InChI=1S/C17H23N3O4S/c1-14(21)19-8-9-20(25(23,24)15-6-4-3-5-7-15)13-17(12-19)10-16(22)18(2)11-17/h3-7H,8-13H2,1-2H3/t17-/m0/s1. The highest BCUT2D eigenvalue weighted by Crippen LogP contribution is 2.36. The van der Waals surface area contributed by atoms with E-state index in [1.54, 1.807) is 47.2 Å². The summed E-state index contributed by atoms with van der Waals surface area (Å²) in [5.74, 6) is -0.109. The third-order valence-corrected chi connectivity index (χ3v) is 6.87. The highest BCUT2D eigenvalue weighted by atomic mass is 32.2. The molecule has 7 nitrogen and oxygen atoms in total. The van der Waals surface area contributed by atoms with E-state index >= 15 is 0 Å². The summed E-state index contributed by atoms with van der Waals surface area (Å²) in [7, 11) is -1.95. The summed E-state index contributed by atoms with van der Waals surface area (Å²) < 4.78 is 27.5. The molecule has 2 aliphatic heterocycles. The van der Waals surface area contributed by atoms with Crippen LogP contribution < -0.4 is 0 Å². The zero-order valence-corrected chi connectivity index (χ0v) is 15.3. The third-order valence-electron chi connectivity index (χ3n) is 5.01. The fourth-order valence-electron chi connectivity index (χ4n) is 3.75. The van der Waals surface area contributed by atoms with E-state index in [4.69, 9.17) is 0 Å². The lowest BCUT2D eigenvalue weighted by Gasteiger charge is -2.32. The maximum absolute atomic E-state index is 13.0. The van der Waals surface area contributed by atoms with Crippen LogP contribution in [0.15, 0.2) is 35.2 Å². The largest absolute Gasteiger partial charge is 0.345 e. The van der Waals surface area contributed by atoms with Gasteiger partial charge in [0.15, 0.2) is 0 Å². The quantitative estimate of drug-likeness (QED) is 0.759. The van der Waals surface area contributed by atoms with Gasteiger partial charge in [0.2, 0.25) is 21.8 Å². The number of carbonyl (C=O) groups is 2. The first-order chi connectivity index (χ1) is 11.7. The molecule has 25 heavy (non-hydrogen) atoms. The minimum Gasteiger partial charge on any atom is -0.345 e. The number of rotatable bonds is 2. The maximum atomic E-state index is 13.0. The zero-order valence-electron chi connectivity index (χ0n) is 14.5. The van der Waals surface area contributed by atoms with E-state index in [1.807, 2.05) is 0 Å². The second-order valence-electron chi connectivity index (χ2n) is 7.02. The molecule has 3 rings (SSSR count). The summed E-state index contributed by atoms with van der Waals surface area (Å²) in [5.41, 5.74) is -0.560. The van der Waals surface area contributed by atoms with Crippen molar-refractivity contribution in [2.45, 2.75) is 18.2 Å². The monoisotopic (exact) mass is 365 g/mol. The Kier molecular flexibility index (Phi) is 4.59. The molecule has 2 amide bonds. The Morgan fingerprint density at radius 2 is 1.76 bits per heavy atom. The van der Waals surface area contributed by atoms with E-state index in [1.165, 1.54) is 11.2 Å². The first-order valence-electron chi connectivity index (χ1n) is 8.28. The van der Waals surface area contributed by atoms with Gasteiger partial charge >= 0.3 is 0 Å².